The Morgan fingerprint density at radius 1 is 0.294 bits per heavy atom. The summed E-state index contributed by atoms with van der Waals surface area (Å²) >= 11 is 14.8. The van der Waals surface area contributed by atoms with E-state index < -0.39 is 36.9 Å². The van der Waals surface area contributed by atoms with Crippen LogP contribution in [0.5, 0.6) is 23.0 Å². The van der Waals surface area contributed by atoms with E-state index in [0.717, 1.165) is 58.5 Å². The van der Waals surface area contributed by atoms with Crippen molar-refractivity contribution in [2.45, 2.75) is 0 Å². The summed E-state index contributed by atoms with van der Waals surface area (Å²) in [7, 11) is -0.590. The Hall–Kier alpha value is -8.55. The number of halogens is 3. The number of nitrogens with zero attached hydrogens (tertiary/aromatic N) is 4. The highest BCUT2D eigenvalue weighted by Crippen LogP contribution is 2.58. The van der Waals surface area contributed by atoms with E-state index >= 15 is 9.13 Å². The summed E-state index contributed by atoms with van der Waals surface area (Å²) in [6.07, 6.45) is 0. The van der Waals surface area contributed by atoms with Gasteiger partial charge in [-0.1, -0.05) is 255 Å². The lowest BCUT2D eigenvalue weighted by molar-refractivity contribution is 0.308. The fourth-order valence-corrected chi connectivity index (χ4v) is 24.7. The molecule has 0 aliphatic carbocycles. The number of rotatable bonds is 14. The number of anilines is 4. The third kappa shape index (κ3) is 14.0. The molecular formula is C84H77Cl3N4O6P4Si. The van der Waals surface area contributed by atoms with Crippen molar-refractivity contribution < 1.29 is 28.1 Å². The van der Waals surface area contributed by atoms with Gasteiger partial charge in [-0.05, 0) is 84.1 Å². The van der Waals surface area contributed by atoms with Crippen LogP contribution >= 0.6 is 63.4 Å². The summed E-state index contributed by atoms with van der Waals surface area (Å²) in [6.45, 7) is 3.52. The first-order valence-electron chi connectivity index (χ1n) is 34.1. The van der Waals surface area contributed by atoms with Crippen molar-refractivity contribution in [3.63, 3.8) is 0 Å². The number of fused-ring (bicyclic) bond motifs is 4. The molecule has 0 fully saturated rings. The van der Waals surface area contributed by atoms with Crippen molar-refractivity contribution in [2.75, 3.05) is 100 Å². The highest BCUT2D eigenvalue weighted by Gasteiger charge is 2.43. The van der Waals surface area contributed by atoms with E-state index in [2.05, 4.69) is 179 Å². The van der Waals surface area contributed by atoms with E-state index in [-0.39, 0.29) is 0 Å². The molecule has 12 aromatic rings. The van der Waals surface area contributed by atoms with Gasteiger partial charge in [0.25, 0.3) is 0 Å². The Labute approximate surface area is 617 Å². The molecule has 514 valence electrons. The van der Waals surface area contributed by atoms with E-state index in [4.69, 9.17) is 52.2 Å². The maximum absolute atomic E-state index is 16.3. The van der Waals surface area contributed by atoms with Crippen LogP contribution in [0.1, 0.15) is 0 Å². The minimum Gasteiger partial charge on any atom is -0.489 e. The summed E-state index contributed by atoms with van der Waals surface area (Å²) in [5.74, 6) is 3.12. The molecule has 0 aromatic heterocycles. The molecule has 10 nitrogen and oxygen atoms in total. The van der Waals surface area contributed by atoms with Crippen molar-refractivity contribution in [3.05, 3.63) is 291 Å². The van der Waals surface area contributed by atoms with Crippen molar-refractivity contribution in [1.29, 1.82) is 0 Å². The molecule has 0 radical (unpaired) electrons. The average molecular weight is 1500 g/mol. The quantitative estimate of drug-likeness (QED) is 0.0596. The van der Waals surface area contributed by atoms with Crippen LogP contribution in [0.25, 0.3) is 22.3 Å². The molecule has 0 spiro atoms. The molecule has 0 bridgehead atoms. The largest absolute Gasteiger partial charge is 0.489 e. The van der Waals surface area contributed by atoms with Crippen LogP contribution in [0, 0.1) is 0 Å². The molecular weight excluding hydrogens is 1420 g/mol. The first kappa shape index (κ1) is 70.5. The van der Waals surface area contributed by atoms with Crippen molar-refractivity contribution in [3.8, 4) is 45.3 Å². The molecule has 0 atom stereocenters. The number of likely N-dealkylation sites (N-methyl/N-ethyl adjacent to an activating group) is 4. The van der Waals surface area contributed by atoms with Crippen LogP contribution in [0.3, 0.4) is 0 Å². The third-order valence-corrected chi connectivity index (χ3v) is 30.2. The highest BCUT2D eigenvalue weighted by atomic mass is 35.8. The maximum Gasteiger partial charge on any atom is 0.326 e. The lowest BCUT2D eigenvalue weighted by atomic mass is 9.99. The van der Waals surface area contributed by atoms with Gasteiger partial charge in [-0.2, -0.15) is 0 Å². The molecule has 0 saturated heterocycles. The van der Waals surface area contributed by atoms with Crippen LogP contribution < -0.4 is 102 Å². The van der Waals surface area contributed by atoms with Gasteiger partial charge in [-0.3, -0.25) is 0 Å². The lowest BCUT2D eigenvalue weighted by Crippen LogP contribution is -2.35. The molecule has 4 aliphatic rings. The molecule has 18 heteroatoms. The zero-order chi connectivity index (χ0) is 70.3. The normalized spacial score (nSPS) is 13.9. The van der Waals surface area contributed by atoms with Gasteiger partial charge < -0.3 is 47.7 Å². The smallest absolute Gasteiger partial charge is 0.326 e. The molecule has 102 heavy (non-hydrogen) atoms. The van der Waals surface area contributed by atoms with Crippen LogP contribution in [-0.4, -0.2) is 87.5 Å². The van der Waals surface area contributed by atoms with Crippen molar-refractivity contribution in [1.82, 2.24) is 0 Å². The van der Waals surface area contributed by atoms with Gasteiger partial charge in [-0.15, -0.1) is 33.2 Å². The summed E-state index contributed by atoms with van der Waals surface area (Å²) in [4.78, 5) is 8.99. The number of ether oxygens (including phenoxy) is 4. The van der Waals surface area contributed by atoms with Gasteiger partial charge in [0.1, 0.15) is 26.4 Å². The molecule has 4 heterocycles. The second-order valence-electron chi connectivity index (χ2n) is 25.1. The predicted molar refractivity (Wildman–Crippen MR) is 440 cm³/mol. The Morgan fingerprint density at radius 2 is 0.500 bits per heavy atom. The molecule has 0 saturated carbocycles. The van der Waals surface area contributed by atoms with Gasteiger partial charge in [0.15, 0.2) is 37.3 Å². The third-order valence-electron chi connectivity index (χ3n) is 19.0. The first-order chi connectivity index (χ1) is 49.8. The van der Waals surface area contributed by atoms with Gasteiger partial charge in [0.2, 0.25) is 0 Å². The number of benzene rings is 12. The lowest BCUT2D eigenvalue weighted by Gasteiger charge is -2.36. The summed E-state index contributed by atoms with van der Waals surface area (Å²) in [6, 6.07) is 100.0. The Kier molecular flexibility index (Phi) is 21.8. The van der Waals surface area contributed by atoms with E-state index in [0.29, 0.717) is 94.0 Å². The zero-order valence-corrected chi connectivity index (χ0v) is 64.1. The number of hydrogen-bond donors (Lipinski definition) is 0. The molecule has 0 unspecified atom stereocenters. The SMILES string of the molecule is CN1CCOc2c1ccc(P(=O)(c1ccccc1)c1ccccc1)c2-c1c(P(=O)(c2ccccc2)c2ccccc2)ccc2c1OCCN2C.CN1CCOc2c1ccc(P(c1ccccc1)c1ccccc1)c2-c1c(P(c2ccccc2)c2ccccc2)ccc2c1OCCN2C.Cl[SiH](Cl)Cl. The molecule has 16 rings (SSSR count). The second kappa shape index (κ2) is 31.6. The monoisotopic (exact) mass is 1490 g/mol. The van der Waals surface area contributed by atoms with Gasteiger partial charge in [-0.25, -0.2) is 0 Å². The molecule has 12 aromatic carbocycles. The van der Waals surface area contributed by atoms with Crippen LogP contribution in [0.4, 0.5) is 22.7 Å². The minimum atomic E-state index is -3.57. The minimum absolute atomic E-state index is 0.446. The van der Waals surface area contributed by atoms with E-state index in [1.807, 2.05) is 160 Å². The van der Waals surface area contributed by atoms with E-state index in [1.54, 1.807) is 0 Å². The van der Waals surface area contributed by atoms with Crippen molar-refractivity contribution >= 4 is 156 Å². The van der Waals surface area contributed by atoms with Gasteiger partial charge >= 0.3 is 6.73 Å². The van der Waals surface area contributed by atoms with E-state index in [9.17, 15) is 0 Å². The Balaban J connectivity index is 0.000000164. The van der Waals surface area contributed by atoms with Crippen LogP contribution in [-0.2, 0) is 9.13 Å². The summed E-state index contributed by atoms with van der Waals surface area (Å²) in [5, 5.41) is 11.8. The van der Waals surface area contributed by atoms with Crippen LogP contribution in [0.15, 0.2) is 291 Å². The van der Waals surface area contributed by atoms with Gasteiger partial charge in [0.05, 0.1) is 48.9 Å². The molecule has 4 aliphatic heterocycles. The Morgan fingerprint density at radius 3 is 0.735 bits per heavy atom. The molecule has 0 amide bonds. The summed E-state index contributed by atoms with van der Waals surface area (Å²) < 4.78 is 59.6. The van der Waals surface area contributed by atoms with Crippen molar-refractivity contribution in [2.24, 2.45) is 0 Å². The fraction of sp³-hybridized carbons (Fsp3) is 0.143. The summed E-state index contributed by atoms with van der Waals surface area (Å²) in [5.41, 5.74) is 7.60. The highest BCUT2D eigenvalue weighted by molar-refractivity contribution is 7.86. The first-order valence-corrected chi connectivity index (χ1v) is 45.4. The second-order valence-corrected chi connectivity index (χ2v) is 41.4. The topological polar surface area (TPSA) is 84.0 Å². The van der Waals surface area contributed by atoms with Gasteiger partial charge in [0, 0.05) is 82.3 Å². The molecule has 0 N–H and O–H groups in total. The van der Waals surface area contributed by atoms with E-state index in [1.165, 1.54) is 31.8 Å². The fourth-order valence-electron chi connectivity index (χ4n) is 14.1. The predicted octanol–water partition coefficient (Wildman–Crippen LogP) is 14.2. The Bertz CT molecular complexity index is 4520. The van der Waals surface area contributed by atoms with Crippen LogP contribution in [0.2, 0.25) is 0 Å². The number of hydrogen-bond acceptors (Lipinski definition) is 10. The zero-order valence-electron chi connectivity index (χ0n) is 57.1. The average Bonchev–Trinajstić information content (AvgIpc) is 0.715. The maximum atomic E-state index is 16.3. The standard InChI is InChI=1S/C42H38N2O4P2.C42H38N2O2P2.Cl3HSi/c1-43-27-29-47-41-35(43)23-25-37(49(45,31-15-7-3-8-16-31)32-17-9-4-10-18-32)39(41)40-38(26-24-36-42(40)48-30-28-44(36)2)50(46,33-19-11-5-12-20-33)34-21-13-6-14-22-34;1-43-27-29-45-41-35(43)23-25-37(47(31-15-7-3-8-16-31)32-17-9-4-10-18-32)39(41)40-38(26-24-36-42(40)46-30-28-44(36)2)48(33-19-11-5-12-20-33)34-21-13-6-14-22-34;1-4(2)3/h3-26H,27-30H2,1-2H3;3-26H,27-30H2,1-2H3;4H.